The highest BCUT2D eigenvalue weighted by molar-refractivity contribution is 6.39. The first-order valence-corrected chi connectivity index (χ1v) is 7.85. The molecule has 24 heavy (non-hydrogen) atoms. The lowest BCUT2D eigenvalue weighted by molar-refractivity contribution is -0.121. The predicted octanol–water partition coefficient (Wildman–Crippen LogP) is -0.537. The second-order valence-electron chi connectivity index (χ2n) is 5.72. The summed E-state index contributed by atoms with van der Waals surface area (Å²) in [6.07, 6.45) is 6.41. The van der Waals surface area contributed by atoms with Gasteiger partial charge in [-0.25, -0.2) is 10.4 Å². The maximum Gasteiger partial charge on any atom is 0.274 e. The lowest BCUT2D eigenvalue weighted by Crippen LogP contribution is -2.48. The van der Waals surface area contributed by atoms with E-state index in [1.807, 2.05) is 0 Å². The highest BCUT2D eigenvalue weighted by Gasteiger charge is 2.27. The Hall–Kier alpha value is -2.84. The molecule has 3 heterocycles. The molecule has 0 spiro atoms. The average molecular weight is 330 g/mol. The van der Waals surface area contributed by atoms with Gasteiger partial charge in [0.05, 0.1) is 6.20 Å². The van der Waals surface area contributed by atoms with E-state index in [2.05, 4.69) is 25.8 Å². The van der Waals surface area contributed by atoms with Crippen molar-refractivity contribution in [2.24, 2.45) is 5.10 Å². The molecule has 2 aliphatic rings. The van der Waals surface area contributed by atoms with Gasteiger partial charge in [-0.15, -0.1) is 0 Å². The molecule has 126 valence electrons. The first kappa shape index (κ1) is 16.0. The van der Waals surface area contributed by atoms with E-state index in [0.29, 0.717) is 43.8 Å². The molecule has 3 rings (SSSR count). The van der Waals surface area contributed by atoms with Crippen LogP contribution < -0.4 is 10.7 Å². The first-order valence-electron chi connectivity index (χ1n) is 7.85. The van der Waals surface area contributed by atoms with Crippen LogP contribution in [0.1, 0.15) is 36.2 Å². The van der Waals surface area contributed by atoms with Gasteiger partial charge >= 0.3 is 0 Å². The second kappa shape index (κ2) is 7.16. The lowest BCUT2D eigenvalue weighted by Gasteiger charge is -2.32. The second-order valence-corrected chi connectivity index (χ2v) is 5.72. The zero-order valence-corrected chi connectivity index (χ0v) is 13.1. The standard InChI is InChI=1S/C15H18N6O3/c22-13-2-1-11(19-20-13)14(23)18-10-3-7-21(8-4-10)15(24)12-9-16-5-6-17-12/h5-6,9-10H,1-4,7-8H2,(H,18,23)(H,20,22). The summed E-state index contributed by atoms with van der Waals surface area (Å²) in [7, 11) is 0. The summed E-state index contributed by atoms with van der Waals surface area (Å²) in [6, 6.07) is -0.0104. The van der Waals surface area contributed by atoms with Crippen LogP contribution in [0.2, 0.25) is 0 Å². The number of rotatable bonds is 3. The number of hydrazone groups is 1. The summed E-state index contributed by atoms with van der Waals surface area (Å²) in [4.78, 5) is 45.1. The Morgan fingerprint density at radius 2 is 2.00 bits per heavy atom. The third-order valence-corrected chi connectivity index (χ3v) is 4.07. The molecule has 9 heteroatoms. The van der Waals surface area contributed by atoms with Gasteiger partial charge in [0.2, 0.25) is 5.91 Å². The van der Waals surface area contributed by atoms with Crippen LogP contribution in [0.25, 0.3) is 0 Å². The first-order chi connectivity index (χ1) is 11.6. The molecule has 0 aromatic carbocycles. The fourth-order valence-electron chi connectivity index (χ4n) is 2.71. The van der Waals surface area contributed by atoms with E-state index in [-0.39, 0.29) is 30.2 Å². The van der Waals surface area contributed by atoms with Crippen molar-refractivity contribution in [1.82, 2.24) is 25.6 Å². The van der Waals surface area contributed by atoms with E-state index in [4.69, 9.17) is 0 Å². The summed E-state index contributed by atoms with van der Waals surface area (Å²) in [6.45, 7) is 1.09. The van der Waals surface area contributed by atoms with Crippen LogP contribution in [0, 0.1) is 0 Å². The summed E-state index contributed by atoms with van der Waals surface area (Å²) < 4.78 is 0. The molecule has 0 unspecified atom stereocenters. The van der Waals surface area contributed by atoms with E-state index in [1.54, 1.807) is 4.90 Å². The summed E-state index contributed by atoms with van der Waals surface area (Å²) in [5.41, 5.74) is 2.98. The summed E-state index contributed by atoms with van der Waals surface area (Å²) >= 11 is 0. The van der Waals surface area contributed by atoms with Gasteiger partial charge in [-0.05, 0) is 12.8 Å². The van der Waals surface area contributed by atoms with Crippen molar-refractivity contribution in [2.75, 3.05) is 13.1 Å². The average Bonchev–Trinajstić information content (AvgIpc) is 2.63. The Bertz CT molecular complexity index is 667. The molecule has 1 aromatic rings. The molecule has 3 amide bonds. The van der Waals surface area contributed by atoms with Crippen molar-refractivity contribution >= 4 is 23.4 Å². The normalized spacial score (nSPS) is 18.6. The van der Waals surface area contributed by atoms with Crippen molar-refractivity contribution in [1.29, 1.82) is 0 Å². The highest BCUT2D eigenvalue weighted by Crippen LogP contribution is 2.13. The number of carbonyl (C=O) groups excluding carboxylic acids is 3. The number of likely N-dealkylation sites (tertiary alicyclic amines) is 1. The quantitative estimate of drug-likeness (QED) is 0.772. The summed E-state index contributed by atoms with van der Waals surface area (Å²) in [5, 5.41) is 6.70. The van der Waals surface area contributed by atoms with Gasteiger partial charge in [-0.3, -0.25) is 19.4 Å². The van der Waals surface area contributed by atoms with E-state index in [0.717, 1.165) is 0 Å². The molecule has 0 atom stereocenters. The minimum atomic E-state index is -0.256. The van der Waals surface area contributed by atoms with E-state index >= 15 is 0 Å². The van der Waals surface area contributed by atoms with Crippen LogP contribution in [0.3, 0.4) is 0 Å². The fraction of sp³-hybridized carbons (Fsp3) is 0.467. The molecule has 1 aromatic heterocycles. The third-order valence-electron chi connectivity index (χ3n) is 4.07. The smallest absolute Gasteiger partial charge is 0.274 e. The van der Waals surface area contributed by atoms with Crippen molar-refractivity contribution in [2.45, 2.75) is 31.7 Å². The van der Waals surface area contributed by atoms with Gasteiger partial charge < -0.3 is 10.2 Å². The third kappa shape index (κ3) is 3.73. The maximum absolute atomic E-state index is 12.3. The Morgan fingerprint density at radius 3 is 2.62 bits per heavy atom. The Morgan fingerprint density at radius 1 is 1.21 bits per heavy atom. The monoisotopic (exact) mass is 330 g/mol. The number of carbonyl (C=O) groups is 3. The minimum absolute atomic E-state index is 0.0104. The molecule has 1 saturated heterocycles. The minimum Gasteiger partial charge on any atom is -0.348 e. The van der Waals surface area contributed by atoms with Crippen LogP contribution in [-0.2, 0) is 9.59 Å². The predicted molar refractivity (Wildman–Crippen MR) is 83.9 cm³/mol. The fourth-order valence-corrected chi connectivity index (χ4v) is 2.71. The van der Waals surface area contributed by atoms with Crippen molar-refractivity contribution in [3.8, 4) is 0 Å². The SMILES string of the molecule is O=C1CCC(C(=O)NC2CCN(C(=O)c3cnccn3)CC2)=NN1. The molecule has 2 N–H and O–H groups in total. The van der Waals surface area contributed by atoms with Crippen LogP contribution >= 0.6 is 0 Å². The van der Waals surface area contributed by atoms with E-state index in [1.165, 1.54) is 18.6 Å². The molecular formula is C15H18N6O3. The van der Waals surface area contributed by atoms with Crippen LogP contribution in [0.15, 0.2) is 23.7 Å². The number of hydrogen-bond acceptors (Lipinski definition) is 6. The number of nitrogens with one attached hydrogen (secondary N) is 2. The molecule has 9 nitrogen and oxygen atoms in total. The Labute approximate surface area is 138 Å². The van der Waals surface area contributed by atoms with Gasteiger partial charge in [-0.1, -0.05) is 0 Å². The number of aromatic nitrogens is 2. The van der Waals surface area contributed by atoms with E-state index in [9.17, 15) is 14.4 Å². The summed E-state index contributed by atoms with van der Waals surface area (Å²) in [5.74, 6) is -0.580. The topological polar surface area (TPSA) is 117 Å². The van der Waals surface area contributed by atoms with E-state index < -0.39 is 0 Å². The number of nitrogens with zero attached hydrogens (tertiary/aromatic N) is 4. The van der Waals surface area contributed by atoms with Crippen LogP contribution in [-0.4, -0.2) is 57.4 Å². The van der Waals surface area contributed by atoms with Crippen molar-refractivity contribution in [3.05, 3.63) is 24.3 Å². The van der Waals surface area contributed by atoms with Gasteiger partial charge in [0.25, 0.3) is 11.8 Å². The Balaban J connectivity index is 1.49. The largest absolute Gasteiger partial charge is 0.348 e. The molecule has 2 aliphatic heterocycles. The number of hydrogen-bond donors (Lipinski definition) is 2. The Kier molecular flexibility index (Phi) is 4.78. The zero-order valence-electron chi connectivity index (χ0n) is 13.1. The van der Waals surface area contributed by atoms with Gasteiger partial charge in [0, 0.05) is 44.4 Å². The molecule has 0 saturated carbocycles. The van der Waals surface area contributed by atoms with Crippen molar-refractivity contribution < 1.29 is 14.4 Å². The van der Waals surface area contributed by atoms with Gasteiger partial charge in [-0.2, -0.15) is 5.10 Å². The highest BCUT2D eigenvalue weighted by atomic mass is 16.2. The maximum atomic E-state index is 12.3. The molecule has 0 radical (unpaired) electrons. The number of piperidine rings is 1. The lowest BCUT2D eigenvalue weighted by atomic mass is 10.0. The van der Waals surface area contributed by atoms with Crippen LogP contribution in [0.5, 0.6) is 0 Å². The molecule has 1 fully saturated rings. The van der Waals surface area contributed by atoms with Crippen molar-refractivity contribution in [3.63, 3.8) is 0 Å². The van der Waals surface area contributed by atoms with Gasteiger partial charge in [0.15, 0.2) is 0 Å². The molecule has 0 bridgehead atoms. The molecule has 0 aliphatic carbocycles. The number of amides is 3. The van der Waals surface area contributed by atoms with Crippen LogP contribution in [0.4, 0.5) is 0 Å². The molecular weight excluding hydrogens is 312 g/mol. The van der Waals surface area contributed by atoms with Gasteiger partial charge in [0.1, 0.15) is 11.4 Å². The zero-order chi connectivity index (χ0) is 16.9.